The number of carbonyl (C=O) groups excluding carboxylic acids is 1. The van der Waals surface area contributed by atoms with Crippen LogP contribution in [0.3, 0.4) is 0 Å². The van der Waals surface area contributed by atoms with Gasteiger partial charge in [-0.25, -0.2) is 4.39 Å². The van der Waals surface area contributed by atoms with Gasteiger partial charge in [0.25, 0.3) is 0 Å². The third kappa shape index (κ3) is 8.89. The highest BCUT2D eigenvalue weighted by atomic mass is 127. The maximum absolute atomic E-state index is 13.2. The van der Waals surface area contributed by atoms with Crippen LogP contribution in [0.5, 0.6) is 0 Å². The molecule has 1 aromatic carbocycles. The van der Waals surface area contributed by atoms with Crippen molar-refractivity contribution in [1.29, 1.82) is 0 Å². The van der Waals surface area contributed by atoms with E-state index in [2.05, 4.69) is 15.6 Å². The molecule has 0 aliphatic heterocycles. The Balaban J connectivity index is 0.00000576. The Bertz CT molecular complexity index is 608. The lowest BCUT2D eigenvalue weighted by Gasteiger charge is -2.20. The topological polar surface area (TPSA) is 56.7 Å². The van der Waals surface area contributed by atoms with E-state index in [0.29, 0.717) is 17.0 Å². The van der Waals surface area contributed by atoms with Crippen molar-refractivity contribution in [2.24, 2.45) is 4.99 Å². The van der Waals surface area contributed by atoms with Gasteiger partial charge < -0.3 is 15.5 Å². The molecule has 0 spiro atoms. The van der Waals surface area contributed by atoms with Crippen molar-refractivity contribution in [3.8, 4) is 0 Å². The molecule has 0 atom stereocenters. The summed E-state index contributed by atoms with van der Waals surface area (Å²) < 4.78 is 49.9. The smallest absolute Gasteiger partial charge is 0.352 e. The summed E-state index contributed by atoms with van der Waals surface area (Å²) in [6.45, 7) is 0.331. The summed E-state index contributed by atoms with van der Waals surface area (Å²) in [5.41, 5.74) is 1.30. The largest absolute Gasteiger partial charge is 0.406 e. The van der Waals surface area contributed by atoms with Gasteiger partial charge in [-0.15, -0.1) is 24.0 Å². The molecule has 0 aliphatic rings. The van der Waals surface area contributed by atoms with Crippen molar-refractivity contribution in [3.63, 3.8) is 0 Å². The van der Waals surface area contributed by atoms with Crippen LogP contribution < -0.4 is 10.6 Å². The number of nitrogens with zero attached hydrogens (tertiary/aromatic N) is 2. The van der Waals surface area contributed by atoms with E-state index in [1.165, 1.54) is 13.1 Å². The average Bonchev–Trinajstić information content (AvgIpc) is 2.48. The highest BCUT2D eigenvalue weighted by Gasteiger charge is 2.31. The minimum absolute atomic E-state index is 0. The standard InChI is InChI=1S/C15H20F4N4O.HI/c1-10-6-11(4-5-12(10)16)7-21-14(20-2)22-8-13(24)23(3)9-15(17,18)19;/h4-6H,7-9H2,1-3H3,(H2,20,21,22);1H. The number of aliphatic imine (C=N–C) groups is 1. The zero-order valence-corrected chi connectivity index (χ0v) is 16.4. The number of alkyl halides is 3. The van der Waals surface area contributed by atoms with E-state index in [1.807, 2.05) is 0 Å². The number of benzene rings is 1. The van der Waals surface area contributed by atoms with Crippen molar-refractivity contribution in [2.75, 3.05) is 27.2 Å². The van der Waals surface area contributed by atoms with E-state index in [1.54, 1.807) is 19.1 Å². The lowest BCUT2D eigenvalue weighted by Crippen LogP contribution is -2.45. The van der Waals surface area contributed by atoms with Crippen LogP contribution in [0, 0.1) is 12.7 Å². The molecule has 0 radical (unpaired) electrons. The SMILES string of the molecule is CN=C(NCC(=O)N(C)CC(F)(F)F)NCc1ccc(F)c(C)c1.I. The quantitative estimate of drug-likeness (QED) is 0.297. The number of guanidine groups is 1. The summed E-state index contributed by atoms with van der Waals surface area (Å²) in [4.78, 5) is 16.1. The Hall–Kier alpha value is -1.59. The first-order chi connectivity index (χ1) is 11.1. The molecule has 1 amide bonds. The molecule has 0 aliphatic carbocycles. The molecule has 0 heterocycles. The van der Waals surface area contributed by atoms with Gasteiger partial charge in [-0.2, -0.15) is 13.2 Å². The number of rotatable bonds is 5. The van der Waals surface area contributed by atoms with Crippen molar-refractivity contribution in [3.05, 3.63) is 35.1 Å². The van der Waals surface area contributed by atoms with Crippen LogP contribution in [0.2, 0.25) is 0 Å². The molecular weight excluding hydrogens is 455 g/mol. The van der Waals surface area contributed by atoms with Gasteiger partial charge in [-0.3, -0.25) is 9.79 Å². The summed E-state index contributed by atoms with van der Waals surface area (Å²) in [6, 6.07) is 4.61. The van der Waals surface area contributed by atoms with E-state index in [-0.39, 0.29) is 42.3 Å². The average molecular weight is 476 g/mol. The molecule has 0 saturated carbocycles. The summed E-state index contributed by atoms with van der Waals surface area (Å²) in [6.07, 6.45) is -4.44. The molecule has 10 heteroatoms. The van der Waals surface area contributed by atoms with E-state index >= 15 is 0 Å². The molecule has 2 N–H and O–H groups in total. The Morgan fingerprint density at radius 2 is 1.92 bits per heavy atom. The van der Waals surface area contributed by atoms with Gasteiger partial charge in [0.2, 0.25) is 5.91 Å². The van der Waals surface area contributed by atoms with E-state index < -0.39 is 18.6 Å². The van der Waals surface area contributed by atoms with Gasteiger partial charge >= 0.3 is 6.18 Å². The maximum Gasteiger partial charge on any atom is 0.406 e. The molecule has 0 saturated heterocycles. The van der Waals surface area contributed by atoms with Crippen LogP contribution in [0.4, 0.5) is 17.6 Å². The van der Waals surface area contributed by atoms with Crippen molar-refractivity contribution in [1.82, 2.24) is 15.5 Å². The van der Waals surface area contributed by atoms with Gasteiger partial charge in [0.1, 0.15) is 12.4 Å². The number of hydrogen-bond donors (Lipinski definition) is 2. The van der Waals surface area contributed by atoms with Crippen molar-refractivity contribution < 1.29 is 22.4 Å². The fraction of sp³-hybridized carbons (Fsp3) is 0.467. The van der Waals surface area contributed by atoms with Gasteiger partial charge in [0.05, 0.1) is 6.54 Å². The van der Waals surface area contributed by atoms with Crippen molar-refractivity contribution >= 4 is 35.8 Å². The fourth-order valence-electron chi connectivity index (χ4n) is 1.87. The van der Waals surface area contributed by atoms with Crippen LogP contribution in [0.25, 0.3) is 0 Å². The molecule has 5 nitrogen and oxygen atoms in total. The number of hydrogen-bond acceptors (Lipinski definition) is 2. The Labute approximate surface area is 160 Å². The molecule has 25 heavy (non-hydrogen) atoms. The molecule has 0 unspecified atom stereocenters. The third-order valence-electron chi connectivity index (χ3n) is 3.16. The third-order valence-corrected chi connectivity index (χ3v) is 3.16. The first kappa shape index (κ1) is 23.4. The number of amides is 1. The minimum Gasteiger partial charge on any atom is -0.352 e. The van der Waals surface area contributed by atoms with Gasteiger partial charge in [0, 0.05) is 20.6 Å². The van der Waals surface area contributed by atoms with E-state index in [9.17, 15) is 22.4 Å². The second kappa shape index (κ2) is 10.4. The zero-order valence-electron chi connectivity index (χ0n) is 14.1. The second-order valence-electron chi connectivity index (χ2n) is 5.23. The zero-order chi connectivity index (χ0) is 18.3. The highest BCUT2D eigenvalue weighted by molar-refractivity contribution is 14.0. The molecule has 0 bridgehead atoms. The summed E-state index contributed by atoms with van der Waals surface area (Å²) in [5, 5.41) is 5.54. The number of halogens is 5. The van der Waals surface area contributed by atoms with Crippen LogP contribution in [0.15, 0.2) is 23.2 Å². The molecule has 0 aromatic heterocycles. The Morgan fingerprint density at radius 3 is 2.44 bits per heavy atom. The lowest BCUT2D eigenvalue weighted by atomic mass is 10.1. The lowest BCUT2D eigenvalue weighted by molar-refractivity contribution is -0.157. The van der Waals surface area contributed by atoms with Gasteiger partial charge in [-0.1, -0.05) is 12.1 Å². The number of aryl methyl sites for hydroxylation is 1. The predicted octanol–water partition coefficient (Wildman–Crippen LogP) is 2.44. The first-order valence-electron chi connectivity index (χ1n) is 7.12. The first-order valence-corrected chi connectivity index (χ1v) is 7.12. The molecular formula is C15H21F4IN4O. The number of likely N-dealkylation sites (N-methyl/N-ethyl adjacent to an activating group) is 1. The van der Waals surface area contributed by atoms with Crippen LogP contribution in [-0.4, -0.2) is 50.1 Å². The van der Waals surface area contributed by atoms with Gasteiger partial charge in [0.15, 0.2) is 5.96 Å². The van der Waals surface area contributed by atoms with E-state index in [4.69, 9.17) is 0 Å². The van der Waals surface area contributed by atoms with Crippen LogP contribution in [-0.2, 0) is 11.3 Å². The minimum atomic E-state index is -4.44. The van der Waals surface area contributed by atoms with Crippen LogP contribution in [0.1, 0.15) is 11.1 Å². The summed E-state index contributed by atoms with van der Waals surface area (Å²) >= 11 is 0. The normalized spacial score (nSPS) is 11.6. The predicted molar refractivity (Wildman–Crippen MR) is 98.4 cm³/mol. The van der Waals surface area contributed by atoms with Crippen molar-refractivity contribution in [2.45, 2.75) is 19.6 Å². The molecule has 1 rings (SSSR count). The Kier molecular flexibility index (Phi) is 9.75. The maximum atomic E-state index is 13.2. The highest BCUT2D eigenvalue weighted by Crippen LogP contribution is 2.15. The second-order valence-corrected chi connectivity index (χ2v) is 5.23. The summed E-state index contributed by atoms with van der Waals surface area (Å²) in [5.74, 6) is -0.766. The van der Waals surface area contributed by atoms with E-state index in [0.717, 1.165) is 12.6 Å². The number of carbonyl (C=O) groups is 1. The molecule has 1 aromatic rings. The van der Waals surface area contributed by atoms with Crippen LogP contribution >= 0.6 is 24.0 Å². The molecule has 142 valence electrons. The molecule has 0 fully saturated rings. The monoisotopic (exact) mass is 476 g/mol. The summed E-state index contributed by atoms with van der Waals surface area (Å²) in [7, 11) is 2.55. The fourth-order valence-corrected chi connectivity index (χ4v) is 1.87. The number of nitrogens with one attached hydrogen (secondary N) is 2. The van der Waals surface area contributed by atoms with Gasteiger partial charge in [-0.05, 0) is 24.1 Å². The Morgan fingerprint density at radius 1 is 1.28 bits per heavy atom.